The second-order valence-corrected chi connectivity index (χ2v) is 6.01. The van der Waals surface area contributed by atoms with Crippen LogP contribution in [-0.4, -0.2) is 37.3 Å². The predicted molar refractivity (Wildman–Crippen MR) is 74.8 cm³/mol. The Labute approximate surface area is 116 Å². The predicted octanol–water partition coefficient (Wildman–Crippen LogP) is 2.50. The molecule has 0 amide bonds. The van der Waals surface area contributed by atoms with Crippen molar-refractivity contribution in [1.82, 2.24) is 5.32 Å². The molecule has 2 aliphatic heterocycles. The van der Waals surface area contributed by atoms with Gasteiger partial charge >= 0.3 is 0 Å². The standard InChI is InChI=1S/C13H16ClNO2S/c14-11-5-9(13-6-15-3-4-16-13)1-2-12(11)17-10-7-18-8-10/h1-2,5,10,13,15H,3-4,6-8H2. The van der Waals surface area contributed by atoms with Crippen molar-refractivity contribution in [3.8, 4) is 5.75 Å². The van der Waals surface area contributed by atoms with Crippen molar-refractivity contribution in [2.24, 2.45) is 0 Å². The van der Waals surface area contributed by atoms with E-state index in [0.29, 0.717) is 11.1 Å². The highest BCUT2D eigenvalue weighted by molar-refractivity contribution is 8.00. The molecule has 3 nitrogen and oxygen atoms in total. The Morgan fingerprint density at radius 3 is 2.89 bits per heavy atom. The van der Waals surface area contributed by atoms with Crippen LogP contribution in [0.3, 0.4) is 0 Å². The fourth-order valence-electron chi connectivity index (χ4n) is 2.05. The molecule has 0 bridgehead atoms. The maximum Gasteiger partial charge on any atom is 0.138 e. The van der Waals surface area contributed by atoms with Gasteiger partial charge in [-0.2, -0.15) is 11.8 Å². The van der Waals surface area contributed by atoms with Crippen molar-refractivity contribution in [3.05, 3.63) is 28.8 Å². The van der Waals surface area contributed by atoms with Crippen LogP contribution < -0.4 is 10.1 Å². The molecule has 2 heterocycles. The summed E-state index contributed by atoms with van der Waals surface area (Å²) in [7, 11) is 0. The summed E-state index contributed by atoms with van der Waals surface area (Å²) in [6, 6.07) is 5.96. The molecule has 1 aromatic carbocycles. The van der Waals surface area contributed by atoms with Crippen LogP contribution >= 0.6 is 23.4 Å². The van der Waals surface area contributed by atoms with Gasteiger partial charge in [0.25, 0.3) is 0 Å². The first-order valence-corrected chi connectivity index (χ1v) is 7.72. The fraction of sp³-hybridized carbons (Fsp3) is 0.538. The Hall–Kier alpha value is -0.420. The Morgan fingerprint density at radius 2 is 2.28 bits per heavy atom. The smallest absolute Gasteiger partial charge is 0.138 e. The van der Waals surface area contributed by atoms with Gasteiger partial charge in [0.05, 0.1) is 17.7 Å². The molecule has 2 fully saturated rings. The molecule has 0 saturated carbocycles. The summed E-state index contributed by atoms with van der Waals surface area (Å²) in [6.07, 6.45) is 0.426. The molecule has 0 aromatic heterocycles. The highest BCUT2D eigenvalue weighted by Crippen LogP contribution is 2.32. The van der Waals surface area contributed by atoms with E-state index in [2.05, 4.69) is 5.32 Å². The molecule has 18 heavy (non-hydrogen) atoms. The lowest BCUT2D eigenvalue weighted by molar-refractivity contribution is 0.0276. The van der Waals surface area contributed by atoms with E-state index in [9.17, 15) is 0 Å². The number of hydrogen-bond acceptors (Lipinski definition) is 4. The number of rotatable bonds is 3. The number of nitrogens with one attached hydrogen (secondary N) is 1. The number of hydrogen-bond donors (Lipinski definition) is 1. The maximum atomic E-state index is 6.27. The third-order valence-electron chi connectivity index (χ3n) is 3.16. The number of benzene rings is 1. The van der Waals surface area contributed by atoms with Crippen molar-refractivity contribution in [3.63, 3.8) is 0 Å². The summed E-state index contributed by atoms with van der Waals surface area (Å²) in [5, 5.41) is 4.00. The van der Waals surface area contributed by atoms with Crippen LogP contribution in [-0.2, 0) is 4.74 Å². The van der Waals surface area contributed by atoms with Crippen LogP contribution in [0, 0.1) is 0 Å². The minimum atomic E-state index is 0.101. The highest BCUT2D eigenvalue weighted by atomic mass is 35.5. The van der Waals surface area contributed by atoms with Crippen LogP contribution in [0.1, 0.15) is 11.7 Å². The van der Waals surface area contributed by atoms with Crippen molar-refractivity contribution in [2.75, 3.05) is 31.2 Å². The zero-order chi connectivity index (χ0) is 12.4. The van der Waals surface area contributed by atoms with Gasteiger partial charge in [0.2, 0.25) is 0 Å². The van der Waals surface area contributed by atoms with Gasteiger partial charge in [-0.15, -0.1) is 0 Å². The zero-order valence-electron chi connectivity index (χ0n) is 10.0. The average molecular weight is 286 g/mol. The summed E-state index contributed by atoms with van der Waals surface area (Å²) in [5.41, 5.74) is 1.11. The lowest BCUT2D eigenvalue weighted by Crippen LogP contribution is -2.33. The van der Waals surface area contributed by atoms with Gasteiger partial charge in [0, 0.05) is 24.6 Å². The summed E-state index contributed by atoms with van der Waals surface area (Å²) in [6.45, 7) is 2.51. The Morgan fingerprint density at radius 1 is 1.39 bits per heavy atom. The first-order valence-electron chi connectivity index (χ1n) is 6.19. The van der Waals surface area contributed by atoms with E-state index in [1.54, 1.807) is 0 Å². The van der Waals surface area contributed by atoms with E-state index in [4.69, 9.17) is 21.1 Å². The largest absolute Gasteiger partial charge is 0.487 e. The molecule has 0 spiro atoms. The van der Waals surface area contributed by atoms with E-state index < -0.39 is 0 Å². The second-order valence-electron chi connectivity index (χ2n) is 4.53. The first kappa shape index (κ1) is 12.6. The van der Waals surface area contributed by atoms with Crippen LogP contribution in [0.15, 0.2) is 18.2 Å². The fourth-order valence-corrected chi connectivity index (χ4v) is 2.85. The molecule has 98 valence electrons. The minimum Gasteiger partial charge on any atom is -0.487 e. The molecule has 3 rings (SSSR count). The van der Waals surface area contributed by atoms with Crippen LogP contribution in [0.4, 0.5) is 0 Å². The summed E-state index contributed by atoms with van der Waals surface area (Å²) in [4.78, 5) is 0. The molecular formula is C13H16ClNO2S. The normalized spacial score (nSPS) is 24.6. The monoisotopic (exact) mass is 285 g/mol. The van der Waals surface area contributed by atoms with E-state index in [0.717, 1.165) is 42.5 Å². The number of morpholine rings is 1. The Bertz CT molecular complexity index is 419. The molecule has 1 N–H and O–H groups in total. The van der Waals surface area contributed by atoms with Gasteiger partial charge in [0.15, 0.2) is 0 Å². The van der Waals surface area contributed by atoms with Gasteiger partial charge in [-0.3, -0.25) is 0 Å². The Balaban J connectivity index is 1.70. The maximum absolute atomic E-state index is 6.27. The lowest BCUT2D eigenvalue weighted by atomic mass is 10.1. The molecule has 0 aliphatic carbocycles. The first-order chi connectivity index (χ1) is 8.83. The van der Waals surface area contributed by atoms with Crippen molar-refractivity contribution in [2.45, 2.75) is 12.2 Å². The van der Waals surface area contributed by atoms with E-state index in [1.807, 2.05) is 30.0 Å². The van der Waals surface area contributed by atoms with Gasteiger partial charge in [0.1, 0.15) is 11.9 Å². The molecule has 0 radical (unpaired) electrons. The number of thioether (sulfide) groups is 1. The minimum absolute atomic E-state index is 0.101. The van der Waals surface area contributed by atoms with Gasteiger partial charge in [-0.05, 0) is 17.7 Å². The third kappa shape index (κ3) is 2.77. The van der Waals surface area contributed by atoms with Crippen LogP contribution in [0.5, 0.6) is 5.75 Å². The summed E-state index contributed by atoms with van der Waals surface area (Å²) < 4.78 is 11.5. The van der Waals surface area contributed by atoms with Crippen LogP contribution in [0.2, 0.25) is 5.02 Å². The quantitative estimate of drug-likeness (QED) is 0.924. The van der Waals surface area contributed by atoms with E-state index in [1.165, 1.54) is 0 Å². The molecule has 2 saturated heterocycles. The molecule has 2 aliphatic rings. The average Bonchev–Trinajstić information content (AvgIpc) is 2.36. The topological polar surface area (TPSA) is 30.5 Å². The van der Waals surface area contributed by atoms with E-state index in [-0.39, 0.29) is 6.10 Å². The zero-order valence-corrected chi connectivity index (χ0v) is 11.6. The third-order valence-corrected chi connectivity index (χ3v) is 4.67. The molecular weight excluding hydrogens is 270 g/mol. The SMILES string of the molecule is Clc1cc(C2CNCCO2)ccc1OC1CSC1. The molecule has 1 unspecified atom stereocenters. The van der Waals surface area contributed by atoms with Crippen molar-refractivity contribution < 1.29 is 9.47 Å². The van der Waals surface area contributed by atoms with Crippen molar-refractivity contribution in [1.29, 1.82) is 0 Å². The van der Waals surface area contributed by atoms with Gasteiger partial charge < -0.3 is 14.8 Å². The van der Waals surface area contributed by atoms with Gasteiger partial charge in [-0.1, -0.05) is 17.7 Å². The second kappa shape index (κ2) is 5.70. The number of halogens is 1. The number of ether oxygens (including phenoxy) is 2. The molecule has 1 aromatic rings. The van der Waals surface area contributed by atoms with Gasteiger partial charge in [-0.25, -0.2) is 0 Å². The lowest BCUT2D eigenvalue weighted by Gasteiger charge is -2.27. The summed E-state index contributed by atoms with van der Waals surface area (Å²) >= 11 is 8.17. The van der Waals surface area contributed by atoms with Crippen LogP contribution in [0.25, 0.3) is 0 Å². The molecule has 1 atom stereocenters. The Kier molecular flexibility index (Phi) is 3.99. The summed E-state index contributed by atoms with van der Waals surface area (Å²) in [5.74, 6) is 2.91. The van der Waals surface area contributed by atoms with E-state index >= 15 is 0 Å². The highest BCUT2D eigenvalue weighted by Gasteiger charge is 2.22. The molecule has 5 heteroatoms. The van der Waals surface area contributed by atoms with Crippen molar-refractivity contribution >= 4 is 23.4 Å².